The van der Waals surface area contributed by atoms with Gasteiger partial charge in [-0.25, -0.2) is 4.79 Å². The molecule has 1 rings (SSSR count). The first-order valence-electron chi connectivity index (χ1n) is 6.44. The Balaban J connectivity index is 2.82. The first-order chi connectivity index (χ1) is 9.61. The smallest absolute Gasteiger partial charge is 0.326 e. The molecule has 0 aliphatic rings. The third-order valence-electron chi connectivity index (χ3n) is 2.92. The number of ketones is 1. The Bertz CT molecular complexity index is 563. The highest BCUT2D eigenvalue weighted by molar-refractivity contribution is 6.31. The molecule has 0 bridgehead atoms. The number of amides is 1. The van der Waals surface area contributed by atoms with Gasteiger partial charge < -0.3 is 10.4 Å². The minimum absolute atomic E-state index is 0.235. The van der Waals surface area contributed by atoms with Crippen molar-refractivity contribution in [2.75, 3.05) is 0 Å². The molecule has 0 heterocycles. The average molecular weight is 312 g/mol. The highest BCUT2D eigenvalue weighted by Crippen LogP contribution is 2.18. The number of hydrogen-bond acceptors (Lipinski definition) is 3. The van der Waals surface area contributed by atoms with Gasteiger partial charge in [0.2, 0.25) is 0 Å². The Kier molecular flexibility index (Phi) is 5.49. The van der Waals surface area contributed by atoms with Crippen LogP contribution in [0.25, 0.3) is 0 Å². The molecule has 1 atom stereocenters. The lowest BCUT2D eigenvalue weighted by Crippen LogP contribution is -2.43. The van der Waals surface area contributed by atoms with Gasteiger partial charge in [0, 0.05) is 22.4 Å². The molecule has 1 unspecified atom stereocenters. The van der Waals surface area contributed by atoms with Gasteiger partial charge >= 0.3 is 5.97 Å². The van der Waals surface area contributed by atoms with Gasteiger partial charge in [0.1, 0.15) is 11.8 Å². The van der Waals surface area contributed by atoms with Crippen LogP contribution >= 0.6 is 11.6 Å². The summed E-state index contributed by atoms with van der Waals surface area (Å²) in [6.45, 7) is 5.10. The molecule has 1 aromatic rings. The van der Waals surface area contributed by atoms with E-state index < -0.39 is 23.3 Å². The summed E-state index contributed by atoms with van der Waals surface area (Å²) in [4.78, 5) is 35.1. The van der Waals surface area contributed by atoms with Gasteiger partial charge in [0.05, 0.1) is 0 Å². The Labute approximate surface area is 128 Å². The fourth-order valence-electron chi connectivity index (χ4n) is 1.56. The summed E-state index contributed by atoms with van der Waals surface area (Å²) in [6.07, 6.45) is -0.259. The third-order valence-corrected chi connectivity index (χ3v) is 3.15. The second kappa shape index (κ2) is 6.72. The lowest BCUT2D eigenvalue weighted by Gasteiger charge is -2.20. The Morgan fingerprint density at radius 3 is 2.38 bits per heavy atom. The van der Waals surface area contributed by atoms with Gasteiger partial charge in [0.15, 0.2) is 0 Å². The number of benzene rings is 1. The monoisotopic (exact) mass is 311 g/mol. The van der Waals surface area contributed by atoms with Gasteiger partial charge in [-0.2, -0.15) is 0 Å². The number of carbonyl (C=O) groups is 3. The number of rotatable bonds is 5. The van der Waals surface area contributed by atoms with Crippen LogP contribution in [0.2, 0.25) is 5.02 Å². The molecule has 0 aromatic heterocycles. The van der Waals surface area contributed by atoms with Crippen molar-refractivity contribution in [2.24, 2.45) is 5.41 Å². The lowest BCUT2D eigenvalue weighted by molar-refractivity contribution is -0.142. The van der Waals surface area contributed by atoms with E-state index in [1.807, 2.05) is 0 Å². The zero-order valence-corrected chi connectivity index (χ0v) is 12.9. The van der Waals surface area contributed by atoms with E-state index in [4.69, 9.17) is 16.7 Å². The minimum Gasteiger partial charge on any atom is -0.480 e. The Morgan fingerprint density at radius 2 is 1.90 bits per heavy atom. The molecule has 0 fully saturated rings. The molecular weight excluding hydrogens is 294 g/mol. The molecule has 0 radical (unpaired) electrons. The number of hydrogen-bond donors (Lipinski definition) is 2. The molecular formula is C15H18ClNO4. The predicted octanol–water partition coefficient (Wildman–Crippen LogP) is 2.53. The number of carboxylic acid groups (broad SMARTS) is 1. The van der Waals surface area contributed by atoms with Crippen molar-refractivity contribution >= 4 is 29.3 Å². The maximum Gasteiger partial charge on any atom is 0.326 e. The molecule has 1 amide bonds. The Hall–Kier alpha value is -1.88. The SMILES string of the molecule is CC(C)(C)C(=O)CC(NC(=O)c1cccc(Cl)c1)C(=O)O. The molecule has 0 aliphatic carbocycles. The molecule has 21 heavy (non-hydrogen) atoms. The third kappa shape index (κ3) is 5.19. The van der Waals surface area contributed by atoms with Crippen molar-refractivity contribution in [2.45, 2.75) is 33.2 Å². The van der Waals surface area contributed by atoms with Gasteiger partial charge in [-0.3, -0.25) is 9.59 Å². The second-order valence-electron chi connectivity index (χ2n) is 5.75. The fourth-order valence-corrected chi connectivity index (χ4v) is 1.75. The van der Waals surface area contributed by atoms with Gasteiger partial charge in [-0.15, -0.1) is 0 Å². The van der Waals surface area contributed by atoms with E-state index in [0.717, 1.165) is 0 Å². The first kappa shape index (κ1) is 17.2. The summed E-state index contributed by atoms with van der Waals surface area (Å²) in [5.74, 6) is -2.06. The number of carbonyl (C=O) groups excluding carboxylic acids is 2. The number of aliphatic carboxylic acids is 1. The quantitative estimate of drug-likeness (QED) is 0.875. The van der Waals surface area contributed by atoms with Crippen LogP contribution in [0.15, 0.2) is 24.3 Å². The number of nitrogens with one attached hydrogen (secondary N) is 1. The first-order valence-corrected chi connectivity index (χ1v) is 6.81. The number of carboxylic acids is 1. The topological polar surface area (TPSA) is 83.5 Å². The van der Waals surface area contributed by atoms with Crippen molar-refractivity contribution in [1.29, 1.82) is 0 Å². The van der Waals surface area contributed by atoms with Crippen molar-refractivity contribution < 1.29 is 19.5 Å². The van der Waals surface area contributed by atoms with Crippen LogP contribution in [0.1, 0.15) is 37.6 Å². The highest BCUT2D eigenvalue weighted by Gasteiger charge is 2.29. The minimum atomic E-state index is -1.26. The number of Topliss-reactive ketones (excluding diaryl/α,β-unsaturated/α-hetero) is 1. The molecule has 0 saturated heterocycles. The van der Waals surface area contributed by atoms with E-state index in [1.165, 1.54) is 12.1 Å². The summed E-state index contributed by atoms with van der Waals surface area (Å²) in [5, 5.41) is 11.9. The maximum absolute atomic E-state index is 12.0. The van der Waals surface area contributed by atoms with Crippen molar-refractivity contribution in [1.82, 2.24) is 5.32 Å². The molecule has 6 heteroatoms. The fraction of sp³-hybridized carbons (Fsp3) is 0.400. The van der Waals surface area contributed by atoms with Crippen LogP contribution < -0.4 is 5.32 Å². The molecule has 2 N–H and O–H groups in total. The zero-order valence-electron chi connectivity index (χ0n) is 12.1. The van der Waals surface area contributed by atoms with E-state index in [0.29, 0.717) is 5.02 Å². The summed E-state index contributed by atoms with van der Waals surface area (Å²) in [7, 11) is 0. The van der Waals surface area contributed by atoms with Crippen molar-refractivity contribution in [3.8, 4) is 0 Å². The van der Waals surface area contributed by atoms with E-state index >= 15 is 0 Å². The summed E-state index contributed by atoms with van der Waals surface area (Å²) >= 11 is 5.78. The molecule has 114 valence electrons. The molecule has 0 aliphatic heterocycles. The van der Waals surface area contributed by atoms with Crippen LogP contribution in [0.3, 0.4) is 0 Å². The maximum atomic E-state index is 12.0. The molecule has 5 nitrogen and oxygen atoms in total. The zero-order chi connectivity index (χ0) is 16.2. The second-order valence-corrected chi connectivity index (χ2v) is 6.19. The van der Waals surface area contributed by atoms with Gasteiger partial charge in [0.25, 0.3) is 5.91 Å². The summed E-state index contributed by atoms with van der Waals surface area (Å²) < 4.78 is 0. The van der Waals surface area contributed by atoms with Gasteiger partial charge in [-0.05, 0) is 18.2 Å². The van der Waals surface area contributed by atoms with E-state index in [-0.39, 0.29) is 17.8 Å². The van der Waals surface area contributed by atoms with Crippen molar-refractivity contribution in [3.63, 3.8) is 0 Å². The van der Waals surface area contributed by atoms with Crippen molar-refractivity contribution in [3.05, 3.63) is 34.9 Å². The largest absolute Gasteiger partial charge is 0.480 e. The van der Waals surface area contributed by atoms with Crippen LogP contribution in [0.5, 0.6) is 0 Å². The summed E-state index contributed by atoms with van der Waals surface area (Å²) in [5.41, 5.74) is -0.411. The van der Waals surface area contributed by atoms with E-state index in [9.17, 15) is 14.4 Å². The standard InChI is InChI=1S/C15H18ClNO4/c1-15(2,3)12(18)8-11(14(20)21)17-13(19)9-5-4-6-10(16)7-9/h4-7,11H,8H2,1-3H3,(H,17,19)(H,20,21). The molecule has 1 aromatic carbocycles. The van der Waals surface area contributed by atoms with E-state index in [2.05, 4.69) is 5.32 Å². The average Bonchev–Trinajstić information content (AvgIpc) is 2.36. The highest BCUT2D eigenvalue weighted by atomic mass is 35.5. The summed E-state index contributed by atoms with van der Waals surface area (Å²) in [6, 6.07) is 4.89. The van der Waals surface area contributed by atoms with Crippen LogP contribution in [0.4, 0.5) is 0 Å². The Morgan fingerprint density at radius 1 is 1.29 bits per heavy atom. The van der Waals surface area contributed by atoms with Crippen LogP contribution in [-0.2, 0) is 9.59 Å². The van der Waals surface area contributed by atoms with E-state index in [1.54, 1.807) is 32.9 Å². The molecule has 0 spiro atoms. The molecule has 0 saturated carbocycles. The van der Waals surface area contributed by atoms with Crippen LogP contribution in [-0.4, -0.2) is 28.8 Å². The van der Waals surface area contributed by atoms with Crippen LogP contribution in [0, 0.1) is 5.41 Å². The van der Waals surface area contributed by atoms with Gasteiger partial charge in [-0.1, -0.05) is 38.4 Å². The number of halogens is 1. The predicted molar refractivity (Wildman–Crippen MR) is 79.4 cm³/mol. The normalized spacial score (nSPS) is 12.6. The lowest BCUT2D eigenvalue weighted by atomic mass is 9.87.